The second kappa shape index (κ2) is 5.84. The first kappa shape index (κ1) is 15.6. The van der Waals surface area contributed by atoms with Gasteiger partial charge in [0.25, 0.3) is 5.91 Å². The number of carbonyl (C=O) groups excluding carboxylic acids is 2. The zero-order valence-electron chi connectivity index (χ0n) is 13.9. The normalized spacial score (nSPS) is 18.6. The van der Waals surface area contributed by atoms with E-state index in [0.717, 1.165) is 24.2 Å². The van der Waals surface area contributed by atoms with E-state index in [2.05, 4.69) is 0 Å². The number of nitrogens with two attached hydrogens (primary N) is 1. The maximum absolute atomic E-state index is 13.0. The monoisotopic (exact) mass is 341 g/mol. The number of aryl methyl sites for hydroxylation is 1. The molecule has 0 spiro atoms. The summed E-state index contributed by atoms with van der Waals surface area (Å²) in [6, 6.07) is 7.34. The Bertz CT molecular complexity index is 858. The molecule has 0 saturated carbocycles. The minimum Gasteiger partial charge on any atom is -0.454 e. The Morgan fingerprint density at radius 1 is 1.20 bits per heavy atom. The Labute approximate surface area is 144 Å². The van der Waals surface area contributed by atoms with Crippen molar-refractivity contribution in [2.75, 3.05) is 13.3 Å². The fourth-order valence-electron chi connectivity index (χ4n) is 3.54. The first-order chi connectivity index (χ1) is 12.0. The zero-order chi connectivity index (χ0) is 17.6. The molecule has 1 aromatic carbocycles. The number of fused-ring (bicyclic) bond motifs is 1. The summed E-state index contributed by atoms with van der Waals surface area (Å²) < 4.78 is 12.4. The van der Waals surface area contributed by atoms with Gasteiger partial charge in [-0.05, 0) is 36.6 Å². The van der Waals surface area contributed by atoms with Crippen LogP contribution in [0, 0.1) is 0 Å². The van der Waals surface area contributed by atoms with Gasteiger partial charge >= 0.3 is 0 Å². The molecule has 1 atom stereocenters. The van der Waals surface area contributed by atoms with Gasteiger partial charge in [-0.2, -0.15) is 0 Å². The van der Waals surface area contributed by atoms with Crippen LogP contribution < -0.4 is 15.2 Å². The van der Waals surface area contributed by atoms with Gasteiger partial charge in [0.15, 0.2) is 11.5 Å². The van der Waals surface area contributed by atoms with Crippen LogP contribution in [-0.2, 0) is 7.05 Å². The van der Waals surface area contributed by atoms with Gasteiger partial charge in [-0.1, -0.05) is 6.07 Å². The van der Waals surface area contributed by atoms with Gasteiger partial charge in [-0.15, -0.1) is 0 Å². The van der Waals surface area contributed by atoms with Gasteiger partial charge < -0.3 is 24.7 Å². The highest BCUT2D eigenvalue weighted by Crippen LogP contribution is 2.39. The van der Waals surface area contributed by atoms with Crippen molar-refractivity contribution < 1.29 is 19.1 Å². The lowest BCUT2D eigenvalue weighted by Crippen LogP contribution is -2.31. The summed E-state index contributed by atoms with van der Waals surface area (Å²) in [7, 11) is 1.74. The SMILES string of the molecule is Cn1cc(C(N)=O)cc1C(=O)N1CCCC1c1ccc2c(c1)OCO2. The Hall–Kier alpha value is -2.96. The lowest BCUT2D eigenvalue weighted by atomic mass is 10.0. The van der Waals surface area contributed by atoms with Crippen LogP contribution in [-0.4, -0.2) is 34.6 Å². The third kappa shape index (κ3) is 2.61. The van der Waals surface area contributed by atoms with Crippen molar-refractivity contribution in [3.8, 4) is 11.5 Å². The fourth-order valence-corrected chi connectivity index (χ4v) is 3.54. The molecule has 2 amide bonds. The van der Waals surface area contributed by atoms with Crippen molar-refractivity contribution >= 4 is 11.8 Å². The van der Waals surface area contributed by atoms with Crippen molar-refractivity contribution in [2.45, 2.75) is 18.9 Å². The number of carbonyl (C=O) groups is 2. The van der Waals surface area contributed by atoms with Crippen LogP contribution in [0.2, 0.25) is 0 Å². The molecule has 2 aliphatic rings. The van der Waals surface area contributed by atoms with Crippen molar-refractivity contribution in [1.29, 1.82) is 0 Å². The molecular weight excluding hydrogens is 322 g/mol. The summed E-state index contributed by atoms with van der Waals surface area (Å²) in [5.74, 6) is 0.804. The van der Waals surface area contributed by atoms with Crippen LogP contribution in [0.5, 0.6) is 11.5 Å². The summed E-state index contributed by atoms with van der Waals surface area (Å²) in [6.07, 6.45) is 3.40. The van der Waals surface area contributed by atoms with Gasteiger partial charge in [0.05, 0.1) is 11.6 Å². The second-order valence-corrected chi connectivity index (χ2v) is 6.36. The molecule has 2 N–H and O–H groups in total. The minimum atomic E-state index is -0.539. The van der Waals surface area contributed by atoms with Crippen molar-refractivity contribution in [3.63, 3.8) is 0 Å². The topological polar surface area (TPSA) is 86.8 Å². The number of rotatable bonds is 3. The molecule has 4 rings (SSSR count). The maximum atomic E-state index is 13.0. The number of likely N-dealkylation sites (tertiary alicyclic amines) is 1. The quantitative estimate of drug-likeness (QED) is 0.923. The second-order valence-electron chi connectivity index (χ2n) is 6.36. The van der Waals surface area contributed by atoms with Crippen molar-refractivity contribution in [1.82, 2.24) is 9.47 Å². The van der Waals surface area contributed by atoms with Gasteiger partial charge in [0, 0.05) is 19.8 Å². The van der Waals surface area contributed by atoms with E-state index in [4.69, 9.17) is 15.2 Å². The van der Waals surface area contributed by atoms with E-state index >= 15 is 0 Å². The van der Waals surface area contributed by atoms with Crippen molar-refractivity contribution in [3.05, 3.63) is 47.3 Å². The van der Waals surface area contributed by atoms with E-state index in [-0.39, 0.29) is 18.7 Å². The lowest BCUT2D eigenvalue weighted by Gasteiger charge is -2.25. The van der Waals surface area contributed by atoms with E-state index in [1.54, 1.807) is 23.9 Å². The molecule has 2 aliphatic heterocycles. The highest BCUT2D eigenvalue weighted by atomic mass is 16.7. The molecule has 7 heteroatoms. The molecule has 0 radical (unpaired) electrons. The van der Waals surface area contributed by atoms with Gasteiger partial charge in [-0.3, -0.25) is 9.59 Å². The number of amides is 2. The highest BCUT2D eigenvalue weighted by Gasteiger charge is 2.33. The largest absolute Gasteiger partial charge is 0.454 e. The molecule has 7 nitrogen and oxygen atoms in total. The number of aromatic nitrogens is 1. The smallest absolute Gasteiger partial charge is 0.271 e. The van der Waals surface area contributed by atoms with Crippen LogP contribution >= 0.6 is 0 Å². The maximum Gasteiger partial charge on any atom is 0.271 e. The van der Waals surface area contributed by atoms with Crippen molar-refractivity contribution in [2.24, 2.45) is 12.8 Å². The molecule has 0 aliphatic carbocycles. The van der Waals surface area contributed by atoms with Crippen LogP contribution in [0.25, 0.3) is 0 Å². The van der Waals surface area contributed by atoms with E-state index in [9.17, 15) is 9.59 Å². The first-order valence-corrected chi connectivity index (χ1v) is 8.21. The summed E-state index contributed by atoms with van der Waals surface area (Å²) in [6.45, 7) is 0.903. The first-order valence-electron chi connectivity index (χ1n) is 8.21. The van der Waals surface area contributed by atoms with Crippen LogP contribution in [0.1, 0.15) is 45.3 Å². The average molecular weight is 341 g/mol. The molecule has 1 fully saturated rings. The standard InChI is InChI=1S/C18H19N3O4/c1-20-9-12(17(19)22)7-14(20)18(23)21-6-2-3-13(21)11-4-5-15-16(8-11)25-10-24-15/h4-5,7-9,13H,2-3,6,10H2,1H3,(H2,19,22). The van der Waals surface area contributed by atoms with Gasteiger partial charge in [0.1, 0.15) is 5.69 Å². The predicted octanol–water partition coefficient (Wildman–Crippen LogP) is 1.83. The van der Waals surface area contributed by atoms with E-state index in [1.807, 2.05) is 23.1 Å². The fraction of sp³-hybridized carbons (Fsp3) is 0.333. The summed E-state index contributed by atoms with van der Waals surface area (Å²) >= 11 is 0. The average Bonchev–Trinajstić information content (AvgIpc) is 3.32. The third-order valence-corrected chi connectivity index (χ3v) is 4.80. The molecule has 25 heavy (non-hydrogen) atoms. The van der Waals surface area contributed by atoms with Crippen LogP contribution in [0.15, 0.2) is 30.5 Å². The number of nitrogens with zero attached hydrogens (tertiary/aromatic N) is 2. The van der Waals surface area contributed by atoms with E-state index in [0.29, 0.717) is 23.6 Å². The molecule has 2 aromatic rings. The third-order valence-electron chi connectivity index (χ3n) is 4.80. The Morgan fingerprint density at radius 2 is 2.00 bits per heavy atom. The number of hydrogen-bond donors (Lipinski definition) is 1. The summed E-state index contributed by atoms with van der Waals surface area (Å²) in [4.78, 5) is 26.2. The molecule has 3 heterocycles. The summed E-state index contributed by atoms with van der Waals surface area (Å²) in [5.41, 5.74) is 7.14. The molecular formula is C18H19N3O4. The van der Waals surface area contributed by atoms with E-state index < -0.39 is 5.91 Å². The highest BCUT2D eigenvalue weighted by molar-refractivity contribution is 5.99. The molecule has 1 unspecified atom stereocenters. The predicted molar refractivity (Wildman–Crippen MR) is 89.5 cm³/mol. The Kier molecular flexibility index (Phi) is 3.63. The zero-order valence-corrected chi connectivity index (χ0v) is 13.9. The molecule has 130 valence electrons. The van der Waals surface area contributed by atoms with Crippen LogP contribution in [0.3, 0.4) is 0 Å². The Balaban J connectivity index is 1.63. The number of benzene rings is 1. The number of hydrogen-bond acceptors (Lipinski definition) is 4. The van der Waals surface area contributed by atoms with Gasteiger partial charge in [0.2, 0.25) is 12.7 Å². The van der Waals surface area contributed by atoms with E-state index in [1.165, 1.54) is 0 Å². The van der Waals surface area contributed by atoms with Gasteiger partial charge in [-0.25, -0.2) is 0 Å². The summed E-state index contributed by atoms with van der Waals surface area (Å²) in [5, 5.41) is 0. The molecule has 1 aromatic heterocycles. The molecule has 1 saturated heterocycles. The Morgan fingerprint density at radius 3 is 2.76 bits per heavy atom. The van der Waals surface area contributed by atoms with Crippen LogP contribution in [0.4, 0.5) is 0 Å². The molecule has 0 bridgehead atoms. The number of ether oxygens (including phenoxy) is 2. The lowest BCUT2D eigenvalue weighted by molar-refractivity contribution is 0.0725. The number of primary amides is 1. The minimum absolute atomic E-state index is 0.0195.